The van der Waals surface area contributed by atoms with Crippen LogP contribution in [0.5, 0.6) is 0 Å². The van der Waals surface area contributed by atoms with Gasteiger partial charge in [-0.05, 0) is 52.8 Å². The molecule has 14 aromatic carbocycles. The Hall–Kier alpha value is -10.7. The second kappa shape index (κ2) is 155. The Morgan fingerprint density at radius 3 is 0.271 bits per heavy atom. The van der Waals surface area contributed by atoms with Gasteiger partial charge in [-0.2, -0.15) is 0 Å². The van der Waals surface area contributed by atoms with Gasteiger partial charge in [0.2, 0.25) is 0 Å². The van der Waals surface area contributed by atoms with Crippen LogP contribution in [-0.4, -0.2) is 0 Å². The summed E-state index contributed by atoms with van der Waals surface area (Å²) in [7, 11) is 0. The van der Waals surface area contributed by atoms with Crippen LogP contribution in [0, 0.1) is 6.92 Å². The van der Waals surface area contributed by atoms with Crippen molar-refractivity contribution in [1.82, 2.24) is 0 Å². The molecule has 0 aliphatic rings. The summed E-state index contributed by atoms with van der Waals surface area (Å²) >= 11 is 0. The summed E-state index contributed by atoms with van der Waals surface area (Å²) in [6.07, 6.45) is 2.06. The average Bonchev–Trinajstić information content (AvgIpc) is 0.870. The van der Waals surface area contributed by atoms with E-state index in [0.29, 0.717) is 0 Å². The van der Waals surface area contributed by atoms with Crippen LogP contribution in [0.2, 0.25) is 0 Å². The van der Waals surface area contributed by atoms with E-state index < -0.39 is 0 Å². The number of hydrogen-bond acceptors (Lipinski definition) is 0. The topological polar surface area (TPSA) is 0 Å². The molecule has 0 aliphatic carbocycles. The molecule has 0 aliphatic heterocycles. The van der Waals surface area contributed by atoms with Gasteiger partial charge in [0.1, 0.15) is 0 Å². The molecule has 0 aromatic heterocycles. The van der Waals surface area contributed by atoms with Crippen LogP contribution in [0.1, 0.15) is 257 Å². The average molecular weight is 1600 g/mol. The van der Waals surface area contributed by atoms with Crippen molar-refractivity contribution < 1.29 is 0 Å². The van der Waals surface area contributed by atoms with E-state index in [1.165, 1.54) is 38.6 Å². The molecule has 0 heterocycles. The SMILES string of the molecule is C.CC.CC.CC.CC.CC.CC.CC.CC.CC.CC.CC.CC.CC.CC.CC.CC.Cc1ccccc1.c1ccc(Cc2ccccc2)cc1.c1ccc(Cc2ccccc2)cc1.c1ccc2ccccc2c1.c1ccccc1.c1ccccc1.c1ccccc1.c1ccccc1.c1ccccc1.c1ccccc1.c1ccccc1. The van der Waals surface area contributed by atoms with E-state index in [1.54, 1.807) is 0 Å². The maximum Gasteiger partial charge on any atom is -0.00258 e. The first kappa shape index (κ1) is 139. The second-order valence-corrected chi connectivity index (χ2v) is 18.4. The summed E-state index contributed by atoms with van der Waals surface area (Å²) in [6.45, 7) is 66.1. The molecule has 0 unspecified atom stereocenters. The van der Waals surface area contributed by atoms with Crippen molar-refractivity contribution in [3.8, 4) is 0 Å². The number of hydrogen-bond donors (Lipinski definition) is 0. The first-order valence-corrected chi connectivity index (χ1v) is 44.9. The molecule has 0 radical (unpaired) electrons. The predicted octanol–water partition coefficient (Wildman–Crippen LogP) is 40.3. The van der Waals surface area contributed by atoms with Crippen LogP contribution < -0.4 is 0 Å². The summed E-state index contributed by atoms with van der Waals surface area (Å²) in [5, 5.41) is 2.62. The van der Waals surface area contributed by atoms with Crippen LogP contribution in [-0.2, 0) is 12.8 Å². The van der Waals surface area contributed by atoms with Crippen molar-refractivity contribution in [3.63, 3.8) is 0 Å². The van der Waals surface area contributed by atoms with Crippen molar-refractivity contribution in [2.75, 3.05) is 0 Å². The van der Waals surface area contributed by atoms with Gasteiger partial charge in [0, 0.05) is 0 Å². The van der Waals surface area contributed by atoms with Crippen LogP contribution in [0.4, 0.5) is 0 Å². The largest absolute Gasteiger partial charge is 0.0776 e. The monoisotopic (exact) mass is 1600 g/mol. The van der Waals surface area contributed by atoms with Crippen LogP contribution in [0.15, 0.2) is 455 Å². The summed E-state index contributed by atoms with van der Waals surface area (Å²) in [5.41, 5.74) is 6.80. The zero-order valence-electron chi connectivity index (χ0n) is 81.2. The molecule has 0 atom stereocenters. The van der Waals surface area contributed by atoms with Gasteiger partial charge < -0.3 is 0 Å². The first-order valence-electron chi connectivity index (χ1n) is 44.9. The number of benzene rings is 14. The lowest BCUT2D eigenvalue weighted by Crippen LogP contribution is -1.85. The highest BCUT2D eigenvalue weighted by Gasteiger charge is 1.94. The van der Waals surface area contributed by atoms with Crippen LogP contribution in [0.25, 0.3) is 10.8 Å². The number of fused-ring (bicyclic) bond motifs is 1. The van der Waals surface area contributed by atoms with Crippen LogP contribution >= 0.6 is 0 Å². The van der Waals surface area contributed by atoms with Crippen molar-refractivity contribution >= 4 is 10.8 Å². The van der Waals surface area contributed by atoms with Gasteiger partial charge in [-0.25, -0.2) is 0 Å². The molecule has 118 heavy (non-hydrogen) atoms. The fraction of sp³-hybridized carbons (Fsp3) is 0.305. The van der Waals surface area contributed by atoms with E-state index in [1.807, 2.05) is 495 Å². The quantitative estimate of drug-likeness (QED) is 0.165. The normalized spacial score (nSPS) is 7.19. The number of rotatable bonds is 4. The van der Waals surface area contributed by atoms with Crippen molar-refractivity contribution in [2.45, 2.75) is 249 Å². The van der Waals surface area contributed by atoms with Crippen LogP contribution in [0.3, 0.4) is 0 Å². The summed E-state index contributed by atoms with van der Waals surface area (Å²) in [6, 6.07) is 153. The standard InChI is InChI=1S/2C13H12.C10H8.C7H8.7C6H6.16C2H6.CH4/c2*1-3-7-12(8-4-1)11-13-9-5-2-6-10-13;1-2-6-10-8-4-3-7-9(10)5-1;1-7-5-3-2-4-6-7;7*1-2-4-6-5-3-1;16*1-2;/h2*1-10H,11H2;1-8H;2-6H,1H3;7*1-6H;16*1-2H3;1H4. The molecular weight excluding hydrogens is 1420 g/mol. The third-order valence-corrected chi connectivity index (χ3v) is 11.5. The fourth-order valence-corrected chi connectivity index (χ4v) is 7.22. The van der Waals surface area contributed by atoms with E-state index in [-0.39, 0.29) is 7.43 Å². The Kier molecular flexibility index (Phi) is 183. The maximum absolute atomic E-state index is 2.16. The van der Waals surface area contributed by atoms with Gasteiger partial charge in [-0.1, -0.05) is 690 Å². The minimum atomic E-state index is 0. The van der Waals surface area contributed by atoms with Gasteiger partial charge >= 0.3 is 0 Å². The molecule has 0 saturated carbocycles. The third-order valence-electron chi connectivity index (χ3n) is 11.5. The smallest absolute Gasteiger partial charge is 0.00258 e. The third kappa shape index (κ3) is 121. The van der Waals surface area contributed by atoms with E-state index in [0.717, 1.165) is 12.8 Å². The zero-order valence-corrected chi connectivity index (χ0v) is 81.2. The molecule has 0 heteroatoms. The molecule has 0 nitrogen and oxygen atoms in total. The molecule has 14 aromatic rings. The number of aryl methyl sites for hydroxylation is 1. The van der Waals surface area contributed by atoms with Gasteiger partial charge in [-0.15, -0.1) is 0 Å². The van der Waals surface area contributed by atoms with Crippen molar-refractivity contribution in [1.29, 1.82) is 0 Å². The molecule has 0 N–H and O–H groups in total. The van der Waals surface area contributed by atoms with Gasteiger partial charge in [0.25, 0.3) is 0 Å². The first-order chi connectivity index (χ1) is 58.3. The fourth-order valence-electron chi connectivity index (χ4n) is 7.22. The Balaban J connectivity index is -0.0000000819. The van der Waals surface area contributed by atoms with Crippen molar-refractivity contribution in [2.24, 2.45) is 0 Å². The Bertz CT molecular complexity index is 2750. The lowest BCUT2D eigenvalue weighted by Gasteiger charge is -2.00. The van der Waals surface area contributed by atoms with E-state index in [4.69, 9.17) is 0 Å². The Labute approximate surface area is 737 Å². The molecule has 0 amide bonds. The van der Waals surface area contributed by atoms with Gasteiger partial charge in [0.05, 0.1) is 0 Å². The Morgan fingerprint density at radius 1 is 0.110 bits per heavy atom. The Morgan fingerprint density at radius 2 is 0.186 bits per heavy atom. The van der Waals surface area contributed by atoms with E-state index in [9.17, 15) is 0 Å². The lowest BCUT2D eigenvalue weighted by atomic mass is 10.1. The summed E-state index contributed by atoms with van der Waals surface area (Å²) in [4.78, 5) is 0. The second-order valence-electron chi connectivity index (χ2n) is 18.4. The highest BCUT2D eigenvalue weighted by atomic mass is 14.0. The lowest BCUT2D eigenvalue weighted by molar-refractivity contribution is 1.19. The summed E-state index contributed by atoms with van der Waals surface area (Å²) < 4.78 is 0. The van der Waals surface area contributed by atoms with Gasteiger partial charge in [-0.3, -0.25) is 0 Å². The molecule has 0 fully saturated rings. The predicted molar refractivity (Wildman–Crippen MR) is 560 cm³/mol. The minimum Gasteiger partial charge on any atom is -0.0776 e. The van der Waals surface area contributed by atoms with Crippen molar-refractivity contribution in [3.05, 3.63) is 483 Å². The minimum absolute atomic E-state index is 0. The van der Waals surface area contributed by atoms with Gasteiger partial charge in [0.15, 0.2) is 0 Å². The molecular formula is C118H182. The maximum atomic E-state index is 2.16. The zero-order chi connectivity index (χ0) is 91.5. The molecule has 0 bridgehead atoms. The highest BCUT2D eigenvalue weighted by Crippen LogP contribution is 2.12. The van der Waals surface area contributed by atoms with E-state index in [2.05, 4.69) is 189 Å². The molecule has 0 saturated heterocycles. The van der Waals surface area contributed by atoms with E-state index >= 15 is 0 Å². The molecule has 0 spiro atoms. The summed E-state index contributed by atoms with van der Waals surface area (Å²) in [5.74, 6) is 0. The highest BCUT2D eigenvalue weighted by molar-refractivity contribution is 5.82. The molecule has 654 valence electrons. The molecule has 14 rings (SSSR count).